The van der Waals surface area contributed by atoms with Crippen LogP contribution in [0.25, 0.3) is 10.8 Å². The molecule has 0 bridgehead atoms. The predicted octanol–water partition coefficient (Wildman–Crippen LogP) is 7.61. The topological polar surface area (TPSA) is 24.8 Å². The van der Waals surface area contributed by atoms with Gasteiger partial charge in [0.25, 0.3) is 0 Å². The highest BCUT2D eigenvalue weighted by Crippen LogP contribution is 2.48. The third-order valence-corrected chi connectivity index (χ3v) is 7.01. The Morgan fingerprint density at radius 1 is 0.806 bits per heavy atom. The Hall–Kier alpha value is -2.63. The Kier molecular flexibility index (Phi) is 4.62. The number of fused-ring (bicyclic) bond motifs is 4. The molecule has 0 radical (unpaired) electrons. The molecule has 0 saturated carbocycles. The van der Waals surface area contributed by atoms with Crippen LogP contribution in [0.5, 0.6) is 5.75 Å². The largest absolute Gasteiger partial charge is 0.464 e. The average molecular weight is 534 g/mol. The maximum Gasteiger partial charge on any atom is 0.213 e. The zero-order valence-electron chi connectivity index (χ0n) is 16.5. The maximum absolute atomic E-state index is 6.46. The van der Waals surface area contributed by atoms with E-state index in [0.29, 0.717) is 0 Å². The fourth-order valence-electron chi connectivity index (χ4n) is 4.45. The average Bonchev–Trinajstić information content (AvgIpc) is 3.25. The highest BCUT2D eigenvalue weighted by molar-refractivity contribution is 9.10. The second-order valence-corrected chi connectivity index (χ2v) is 9.74. The summed E-state index contributed by atoms with van der Waals surface area (Å²) < 4.78 is 8.57. The number of halogens is 2. The monoisotopic (exact) mass is 532 g/mol. The van der Waals surface area contributed by atoms with Gasteiger partial charge in [0.1, 0.15) is 5.75 Å². The molecule has 0 saturated heterocycles. The molecule has 2 aliphatic heterocycles. The van der Waals surface area contributed by atoms with Gasteiger partial charge < -0.3 is 4.74 Å². The summed E-state index contributed by atoms with van der Waals surface area (Å²) in [5, 5.41) is 9.70. The molecular formula is C26H18Br2N2O. The van der Waals surface area contributed by atoms with Crippen LogP contribution in [0.3, 0.4) is 0 Å². The van der Waals surface area contributed by atoms with E-state index in [1.165, 1.54) is 21.9 Å². The second-order valence-electron chi connectivity index (χ2n) is 7.91. The molecule has 2 aliphatic rings. The fraction of sp³-hybridized carbons (Fsp3) is 0.115. The first-order valence-electron chi connectivity index (χ1n) is 10.2. The molecule has 152 valence electrons. The molecule has 0 unspecified atom stereocenters. The van der Waals surface area contributed by atoms with Crippen LogP contribution >= 0.6 is 31.9 Å². The minimum absolute atomic E-state index is 0.136. The van der Waals surface area contributed by atoms with Crippen LogP contribution in [0.4, 0.5) is 0 Å². The Morgan fingerprint density at radius 3 is 2.42 bits per heavy atom. The Morgan fingerprint density at radius 2 is 1.58 bits per heavy atom. The normalized spacial score (nSPS) is 19.5. The van der Waals surface area contributed by atoms with Crippen LogP contribution in [-0.4, -0.2) is 10.7 Å². The summed E-state index contributed by atoms with van der Waals surface area (Å²) in [7, 11) is 0. The number of hydrazone groups is 1. The van der Waals surface area contributed by atoms with Gasteiger partial charge in [-0.15, -0.1) is 0 Å². The molecule has 0 aromatic heterocycles. The van der Waals surface area contributed by atoms with Crippen molar-refractivity contribution in [3.63, 3.8) is 0 Å². The summed E-state index contributed by atoms with van der Waals surface area (Å²) in [5.74, 6) is 0.923. The molecule has 31 heavy (non-hydrogen) atoms. The second kappa shape index (κ2) is 7.50. The standard InChI is InChI=1S/C26H18Br2N2O/c27-20-9-7-17(8-10-20)26-30-24(22-14-21(28)11-12-25(22)31-26)15-23(29-30)19-6-5-16-3-1-2-4-18(16)13-19/h1-14,24,26H,15H2/t24-,26+/m1/s1. The number of ether oxygens (including phenoxy) is 1. The van der Waals surface area contributed by atoms with Gasteiger partial charge in [0.15, 0.2) is 0 Å². The van der Waals surface area contributed by atoms with E-state index in [9.17, 15) is 0 Å². The number of nitrogens with zero attached hydrogens (tertiary/aromatic N) is 2. The molecule has 3 nitrogen and oxygen atoms in total. The molecular weight excluding hydrogens is 516 g/mol. The number of hydrogen-bond acceptors (Lipinski definition) is 3. The summed E-state index contributed by atoms with van der Waals surface area (Å²) in [4.78, 5) is 0. The van der Waals surface area contributed by atoms with Gasteiger partial charge >= 0.3 is 0 Å². The highest BCUT2D eigenvalue weighted by atomic mass is 79.9. The fourth-order valence-corrected chi connectivity index (χ4v) is 5.09. The molecule has 4 aromatic carbocycles. The molecule has 0 amide bonds. The first-order valence-corrected chi connectivity index (χ1v) is 11.8. The van der Waals surface area contributed by atoms with Gasteiger partial charge in [0.2, 0.25) is 6.23 Å². The molecule has 0 fully saturated rings. The van der Waals surface area contributed by atoms with Crippen LogP contribution < -0.4 is 4.74 Å². The van der Waals surface area contributed by atoms with Gasteiger partial charge in [-0.2, -0.15) is 5.10 Å². The Bertz CT molecular complexity index is 1330. The van der Waals surface area contributed by atoms with E-state index in [4.69, 9.17) is 9.84 Å². The zero-order chi connectivity index (χ0) is 20.9. The summed E-state index contributed by atoms with van der Waals surface area (Å²) >= 11 is 7.16. The van der Waals surface area contributed by atoms with Gasteiger partial charge in [0, 0.05) is 26.5 Å². The molecule has 0 N–H and O–H groups in total. The predicted molar refractivity (Wildman–Crippen MR) is 131 cm³/mol. The van der Waals surface area contributed by atoms with E-state index in [1.807, 2.05) is 6.07 Å². The van der Waals surface area contributed by atoms with Crippen LogP contribution in [0, 0.1) is 0 Å². The van der Waals surface area contributed by atoms with Crippen molar-refractivity contribution < 1.29 is 4.74 Å². The lowest BCUT2D eigenvalue weighted by Crippen LogP contribution is -2.33. The van der Waals surface area contributed by atoms with Crippen molar-refractivity contribution in [1.82, 2.24) is 5.01 Å². The van der Waals surface area contributed by atoms with Crippen LogP contribution in [-0.2, 0) is 0 Å². The summed E-state index contributed by atoms with van der Waals surface area (Å²) in [6.45, 7) is 0. The van der Waals surface area contributed by atoms with E-state index in [2.05, 4.69) is 116 Å². The lowest BCUT2D eigenvalue weighted by molar-refractivity contribution is -0.0190. The van der Waals surface area contributed by atoms with E-state index >= 15 is 0 Å². The van der Waals surface area contributed by atoms with Gasteiger partial charge in [-0.25, -0.2) is 5.01 Å². The highest BCUT2D eigenvalue weighted by Gasteiger charge is 2.41. The molecule has 0 aliphatic carbocycles. The van der Waals surface area contributed by atoms with Gasteiger partial charge in [-0.05, 0) is 52.7 Å². The molecule has 2 heterocycles. The van der Waals surface area contributed by atoms with Crippen molar-refractivity contribution in [1.29, 1.82) is 0 Å². The van der Waals surface area contributed by atoms with Crippen molar-refractivity contribution >= 4 is 48.3 Å². The third-order valence-electron chi connectivity index (χ3n) is 5.99. The van der Waals surface area contributed by atoms with Gasteiger partial charge in [-0.1, -0.05) is 80.4 Å². The first-order chi connectivity index (χ1) is 15.2. The molecule has 5 heteroatoms. The van der Waals surface area contributed by atoms with E-state index in [-0.39, 0.29) is 12.3 Å². The molecule has 4 aromatic rings. The van der Waals surface area contributed by atoms with E-state index in [0.717, 1.165) is 32.4 Å². The van der Waals surface area contributed by atoms with Crippen LogP contribution in [0.1, 0.15) is 35.4 Å². The Labute approximate surface area is 197 Å². The molecule has 0 spiro atoms. The molecule has 6 rings (SSSR count). The third kappa shape index (κ3) is 3.36. The quantitative estimate of drug-likeness (QED) is 0.265. The van der Waals surface area contributed by atoms with Crippen LogP contribution in [0.2, 0.25) is 0 Å². The number of rotatable bonds is 2. The van der Waals surface area contributed by atoms with E-state index < -0.39 is 0 Å². The lowest BCUT2D eigenvalue weighted by atomic mass is 9.95. The summed E-state index contributed by atoms with van der Waals surface area (Å²) in [6, 6.07) is 29.7. The minimum Gasteiger partial charge on any atom is -0.464 e. The lowest BCUT2D eigenvalue weighted by Gasteiger charge is -2.38. The van der Waals surface area contributed by atoms with Crippen LogP contribution in [0.15, 0.2) is 99.0 Å². The SMILES string of the molecule is Brc1ccc([C@@H]2Oc3ccc(Br)cc3[C@H]3CC(c4ccc5ccccc5c4)=NN32)cc1. The van der Waals surface area contributed by atoms with Crippen molar-refractivity contribution in [2.75, 3.05) is 0 Å². The van der Waals surface area contributed by atoms with Crippen molar-refractivity contribution in [2.24, 2.45) is 5.10 Å². The van der Waals surface area contributed by atoms with Crippen molar-refractivity contribution in [2.45, 2.75) is 18.7 Å². The zero-order valence-corrected chi connectivity index (χ0v) is 19.7. The summed E-state index contributed by atoms with van der Waals surface area (Å²) in [5.41, 5.74) is 4.51. The number of benzene rings is 4. The molecule has 2 atom stereocenters. The number of hydrogen-bond donors (Lipinski definition) is 0. The maximum atomic E-state index is 6.46. The van der Waals surface area contributed by atoms with Crippen molar-refractivity contribution in [3.8, 4) is 5.75 Å². The van der Waals surface area contributed by atoms with Gasteiger partial charge in [0.05, 0.1) is 11.8 Å². The summed E-state index contributed by atoms with van der Waals surface area (Å²) in [6.07, 6.45) is 0.586. The first kappa shape index (κ1) is 19.1. The minimum atomic E-state index is -0.260. The Balaban J connectivity index is 1.45. The smallest absolute Gasteiger partial charge is 0.213 e. The van der Waals surface area contributed by atoms with Crippen molar-refractivity contribution in [3.05, 3.63) is 111 Å². The van der Waals surface area contributed by atoms with Gasteiger partial charge in [-0.3, -0.25) is 0 Å². The van der Waals surface area contributed by atoms with E-state index in [1.54, 1.807) is 0 Å².